The molecule has 1 rings (SSSR count). The van der Waals surface area contributed by atoms with Crippen LogP contribution < -0.4 is 4.74 Å². The molecule has 0 saturated carbocycles. The fourth-order valence-corrected chi connectivity index (χ4v) is 1.29. The van der Waals surface area contributed by atoms with Crippen LogP contribution in [0.5, 0.6) is 5.75 Å². The number of carbonyl (C=O) groups is 1. The Bertz CT molecular complexity index is 453. The van der Waals surface area contributed by atoms with E-state index in [1.807, 2.05) is 0 Å². The molecule has 0 aliphatic rings. The summed E-state index contributed by atoms with van der Waals surface area (Å²) in [5.74, 6) is -1.70. The van der Waals surface area contributed by atoms with Gasteiger partial charge < -0.3 is 9.47 Å². The summed E-state index contributed by atoms with van der Waals surface area (Å²) < 4.78 is 47.8. The lowest BCUT2D eigenvalue weighted by molar-refractivity contribution is -0.157. The lowest BCUT2D eigenvalue weighted by Crippen LogP contribution is -2.27. The zero-order valence-corrected chi connectivity index (χ0v) is 10.9. The quantitative estimate of drug-likeness (QED) is 0.790. The van der Waals surface area contributed by atoms with Crippen molar-refractivity contribution in [3.63, 3.8) is 0 Å². The molecule has 0 fully saturated rings. The molecule has 106 valence electrons. The zero-order valence-electron chi connectivity index (χ0n) is 10.9. The number of hydrogen-bond donors (Lipinski definition) is 0. The molecule has 0 spiro atoms. The Labute approximate surface area is 109 Å². The Hall–Kier alpha value is -1.72. The monoisotopic (exact) mass is 276 g/mol. The number of alkyl halides is 2. The second-order valence-electron chi connectivity index (χ2n) is 4.86. The largest absolute Gasteiger partial charge is 0.482 e. The molecule has 19 heavy (non-hydrogen) atoms. The fourth-order valence-electron chi connectivity index (χ4n) is 1.29. The Balaban J connectivity index is 2.59. The minimum atomic E-state index is -2.89. The molecule has 0 unspecified atom stereocenters. The molecule has 0 bridgehead atoms. The molecule has 1 aromatic rings. The predicted molar refractivity (Wildman–Crippen MR) is 62.7 cm³/mol. The standard InChI is InChI=1S/C13H15F3O3/c1-13(2,3)19-11(17)7-18-8-4-5-9(12(15)16)10(14)6-8/h4-6,12H,7H2,1-3H3. The van der Waals surface area contributed by atoms with E-state index in [4.69, 9.17) is 9.47 Å². The SMILES string of the molecule is CC(C)(C)OC(=O)COc1ccc(C(F)F)c(F)c1. The van der Waals surface area contributed by atoms with E-state index in [0.29, 0.717) is 0 Å². The minimum Gasteiger partial charge on any atom is -0.482 e. The van der Waals surface area contributed by atoms with Gasteiger partial charge in [0, 0.05) is 6.07 Å². The molecule has 0 aliphatic heterocycles. The maximum Gasteiger partial charge on any atom is 0.344 e. The zero-order chi connectivity index (χ0) is 14.6. The average molecular weight is 276 g/mol. The molecule has 0 N–H and O–H groups in total. The maximum atomic E-state index is 13.2. The fraction of sp³-hybridized carbons (Fsp3) is 0.462. The number of rotatable bonds is 4. The lowest BCUT2D eigenvalue weighted by atomic mass is 10.2. The number of halogens is 3. The van der Waals surface area contributed by atoms with Gasteiger partial charge in [-0.15, -0.1) is 0 Å². The van der Waals surface area contributed by atoms with Crippen LogP contribution >= 0.6 is 0 Å². The van der Waals surface area contributed by atoms with Gasteiger partial charge >= 0.3 is 5.97 Å². The Morgan fingerprint density at radius 2 is 1.95 bits per heavy atom. The van der Waals surface area contributed by atoms with Crippen molar-refractivity contribution >= 4 is 5.97 Å². The van der Waals surface area contributed by atoms with Crippen molar-refractivity contribution in [1.82, 2.24) is 0 Å². The van der Waals surface area contributed by atoms with Gasteiger partial charge in [0.25, 0.3) is 6.43 Å². The van der Waals surface area contributed by atoms with Crippen molar-refractivity contribution in [1.29, 1.82) is 0 Å². The smallest absolute Gasteiger partial charge is 0.344 e. The third-order valence-electron chi connectivity index (χ3n) is 1.98. The van der Waals surface area contributed by atoms with Crippen LogP contribution in [-0.4, -0.2) is 18.2 Å². The highest BCUT2D eigenvalue weighted by atomic mass is 19.3. The molecule has 0 heterocycles. The van der Waals surface area contributed by atoms with Crippen molar-refractivity contribution in [2.75, 3.05) is 6.61 Å². The maximum absolute atomic E-state index is 13.2. The molecule has 0 radical (unpaired) electrons. The topological polar surface area (TPSA) is 35.5 Å². The number of ether oxygens (including phenoxy) is 2. The van der Waals surface area contributed by atoms with Crippen LogP contribution in [0.25, 0.3) is 0 Å². The summed E-state index contributed by atoms with van der Waals surface area (Å²) in [4.78, 5) is 11.3. The summed E-state index contributed by atoms with van der Waals surface area (Å²) in [6.45, 7) is 4.68. The highest BCUT2D eigenvalue weighted by molar-refractivity contribution is 5.71. The second-order valence-corrected chi connectivity index (χ2v) is 4.86. The first-order valence-corrected chi connectivity index (χ1v) is 5.61. The summed E-state index contributed by atoms with van der Waals surface area (Å²) in [5.41, 5.74) is -1.35. The highest BCUT2D eigenvalue weighted by Gasteiger charge is 2.17. The van der Waals surface area contributed by atoms with Gasteiger partial charge in [-0.3, -0.25) is 0 Å². The van der Waals surface area contributed by atoms with Crippen LogP contribution in [0.4, 0.5) is 13.2 Å². The Morgan fingerprint density at radius 1 is 1.32 bits per heavy atom. The third kappa shape index (κ3) is 5.19. The molecule has 6 heteroatoms. The third-order valence-corrected chi connectivity index (χ3v) is 1.98. The molecule has 0 atom stereocenters. The first-order valence-electron chi connectivity index (χ1n) is 5.61. The predicted octanol–water partition coefficient (Wildman–Crippen LogP) is 3.48. The molecule has 0 aromatic heterocycles. The van der Waals surface area contributed by atoms with E-state index in [2.05, 4.69) is 0 Å². The average Bonchev–Trinajstić information content (AvgIpc) is 2.23. The summed E-state index contributed by atoms with van der Waals surface area (Å²) in [6.07, 6.45) is -2.89. The van der Waals surface area contributed by atoms with Crippen LogP contribution in [0.1, 0.15) is 32.8 Å². The van der Waals surface area contributed by atoms with Crippen molar-refractivity contribution in [2.45, 2.75) is 32.8 Å². The van der Waals surface area contributed by atoms with Gasteiger partial charge in [-0.25, -0.2) is 18.0 Å². The van der Waals surface area contributed by atoms with Crippen molar-refractivity contribution < 1.29 is 27.4 Å². The normalized spacial score (nSPS) is 11.5. The van der Waals surface area contributed by atoms with Gasteiger partial charge in [-0.05, 0) is 32.9 Å². The molecular weight excluding hydrogens is 261 g/mol. The van der Waals surface area contributed by atoms with Gasteiger partial charge in [-0.2, -0.15) is 0 Å². The summed E-state index contributed by atoms with van der Waals surface area (Å²) in [7, 11) is 0. The van der Waals surface area contributed by atoms with E-state index < -0.39 is 36.0 Å². The molecule has 0 amide bonds. The summed E-state index contributed by atoms with van der Waals surface area (Å²) in [6, 6.07) is 2.91. The number of carbonyl (C=O) groups excluding carboxylic acids is 1. The van der Waals surface area contributed by atoms with Crippen LogP contribution in [0.2, 0.25) is 0 Å². The van der Waals surface area contributed by atoms with Crippen LogP contribution in [0.15, 0.2) is 18.2 Å². The van der Waals surface area contributed by atoms with Crippen LogP contribution in [0.3, 0.4) is 0 Å². The van der Waals surface area contributed by atoms with E-state index in [1.54, 1.807) is 20.8 Å². The van der Waals surface area contributed by atoms with E-state index in [-0.39, 0.29) is 5.75 Å². The van der Waals surface area contributed by atoms with Crippen LogP contribution in [0, 0.1) is 5.82 Å². The molecule has 3 nitrogen and oxygen atoms in total. The van der Waals surface area contributed by atoms with Crippen LogP contribution in [-0.2, 0) is 9.53 Å². The molecular formula is C13H15F3O3. The first kappa shape index (κ1) is 15.3. The molecule has 0 saturated heterocycles. The second kappa shape index (κ2) is 5.95. The number of esters is 1. The van der Waals surface area contributed by atoms with E-state index in [0.717, 1.165) is 12.1 Å². The van der Waals surface area contributed by atoms with Crippen molar-refractivity contribution in [3.8, 4) is 5.75 Å². The first-order chi connectivity index (χ1) is 8.69. The summed E-state index contributed by atoms with van der Waals surface area (Å²) in [5, 5.41) is 0. The number of benzene rings is 1. The number of hydrogen-bond acceptors (Lipinski definition) is 3. The lowest BCUT2D eigenvalue weighted by Gasteiger charge is -2.19. The van der Waals surface area contributed by atoms with Gasteiger partial charge in [0.1, 0.15) is 17.2 Å². The highest BCUT2D eigenvalue weighted by Crippen LogP contribution is 2.25. The van der Waals surface area contributed by atoms with E-state index >= 15 is 0 Å². The van der Waals surface area contributed by atoms with Gasteiger partial charge in [0.15, 0.2) is 6.61 Å². The minimum absolute atomic E-state index is 0.00670. The van der Waals surface area contributed by atoms with Gasteiger partial charge in [0.05, 0.1) is 5.56 Å². The van der Waals surface area contributed by atoms with Gasteiger partial charge in [0.2, 0.25) is 0 Å². The van der Waals surface area contributed by atoms with Crippen molar-refractivity contribution in [2.24, 2.45) is 0 Å². The Morgan fingerprint density at radius 3 is 2.42 bits per heavy atom. The molecule has 0 aliphatic carbocycles. The summed E-state index contributed by atoms with van der Waals surface area (Å²) >= 11 is 0. The van der Waals surface area contributed by atoms with E-state index in [1.165, 1.54) is 6.07 Å². The van der Waals surface area contributed by atoms with Crippen molar-refractivity contribution in [3.05, 3.63) is 29.6 Å². The molecule has 1 aromatic carbocycles. The van der Waals surface area contributed by atoms with E-state index in [9.17, 15) is 18.0 Å². The Kier molecular flexibility index (Phi) is 4.80. The van der Waals surface area contributed by atoms with Gasteiger partial charge in [-0.1, -0.05) is 0 Å².